The number of hydrogen-bond donors (Lipinski definition) is 2. The summed E-state index contributed by atoms with van der Waals surface area (Å²) in [5.41, 5.74) is 2.07. The van der Waals surface area contributed by atoms with Gasteiger partial charge in [-0.3, -0.25) is 0 Å². The first-order chi connectivity index (χ1) is 9.58. The highest BCUT2D eigenvalue weighted by atomic mass is 35.5. The molecule has 5 heteroatoms. The SMILES string of the molecule is CCc1ccc(NC(=O)Nc2cc(F)ccc2Cl)cc1. The summed E-state index contributed by atoms with van der Waals surface area (Å²) in [5, 5.41) is 5.44. The number of rotatable bonds is 3. The fraction of sp³-hybridized carbons (Fsp3) is 0.133. The molecule has 2 rings (SSSR count). The van der Waals surface area contributed by atoms with Crippen molar-refractivity contribution in [2.24, 2.45) is 0 Å². The first-order valence-electron chi connectivity index (χ1n) is 6.20. The summed E-state index contributed by atoms with van der Waals surface area (Å²) in [6.45, 7) is 2.06. The van der Waals surface area contributed by atoms with E-state index in [1.165, 1.54) is 23.8 Å². The second-order valence-corrected chi connectivity index (χ2v) is 4.66. The van der Waals surface area contributed by atoms with Crippen LogP contribution in [0.25, 0.3) is 0 Å². The summed E-state index contributed by atoms with van der Waals surface area (Å²) in [6, 6.07) is 10.8. The van der Waals surface area contributed by atoms with Crippen molar-refractivity contribution in [1.29, 1.82) is 0 Å². The number of anilines is 2. The molecule has 3 nitrogen and oxygen atoms in total. The van der Waals surface area contributed by atoms with Gasteiger partial charge in [0, 0.05) is 5.69 Å². The molecule has 0 spiro atoms. The van der Waals surface area contributed by atoms with E-state index in [-0.39, 0.29) is 10.7 Å². The Kier molecular flexibility index (Phi) is 4.58. The van der Waals surface area contributed by atoms with E-state index in [0.717, 1.165) is 6.42 Å². The summed E-state index contributed by atoms with van der Waals surface area (Å²) < 4.78 is 13.1. The van der Waals surface area contributed by atoms with Gasteiger partial charge in [-0.15, -0.1) is 0 Å². The van der Waals surface area contributed by atoms with E-state index in [0.29, 0.717) is 5.69 Å². The summed E-state index contributed by atoms with van der Waals surface area (Å²) in [5.74, 6) is -0.461. The average Bonchev–Trinajstić information content (AvgIpc) is 2.43. The van der Waals surface area contributed by atoms with Crippen LogP contribution in [-0.2, 0) is 6.42 Å². The summed E-state index contributed by atoms with van der Waals surface area (Å²) >= 11 is 5.87. The molecule has 20 heavy (non-hydrogen) atoms. The molecule has 0 saturated heterocycles. The molecular weight excluding hydrogens is 279 g/mol. The van der Waals surface area contributed by atoms with Gasteiger partial charge in [0.1, 0.15) is 5.82 Å². The van der Waals surface area contributed by atoms with E-state index in [1.54, 1.807) is 0 Å². The molecule has 2 aromatic carbocycles. The Morgan fingerprint density at radius 2 is 1.85 bits per heavy atom. The maximum absolute atomic E-state index is 13.1. The second-order valence-electron chi connectivity index (χ2n) is 4.25. The van der Waals surface area contributed by atoms with Gasteiger partial charge in [0.05, 0.1) is 10.7 Å². The van der Waals surface area contributed by atoms with Gasteiger partial charge in [0.2, 0.25) is 0 Å². The average molecular weight is 293 g/mol. The number of benzene rings is 2. The third-order valence-electron chi connectivity index (χ3n) is 2.80. The summed E-state index contributed by atoms with van der Waals surface area (Å²) in [6.07, 6.45) is 0.936. The summed E-state index contributed by atoms with van der Waals surface area (Å²) in [4.78, 5) is 11.8. The minimum Gasteiger partial charge on any atom is -0.308 e. The lowest BCUT2D eigenvalue weighted by molar-refractivity contribution is 0.262. The van der Waals surface area contributed by atoms with Crippen LogP contribution in [0.15, 0.2) is 42.5 Å². The van der Waals surface area contributed by atoms with Crippen molar-refractivity contribution in [3.63, 3.8) is 0 Å². The van der Waals surface area contributed by atoms with Crippen molar-refractivity contribution in [3.05, 3.63) is 58.9 Å². The van der Waals surface area contributed by atoms with Crippen LogP contribution in [0, 0.1) is 5.82 Å². The standard InChI is InChI=1S/C15H14ClFN2O/c1-2-10-3-6-12(7-4-10)18-15(20)19-14-9-11(17)5-8-13(14)16/h3-9H,2H2,1H3,(H2,18,19,20). The van der Waals surface area contributed by atoms with E-state index < -0.39 is 11.8 Å². The Hall–Kier alpha value is -2.07. The van der Waals surface area contributed by atoms with Crippen LogP contribution >= 0.6 is 11.6 Å². The molecule has 0 bridgehead atoms. The monoisotopic (exact) mass is 292 g/mol. The number of carbonyl (C=O) groups is 1. The van der Waals surface area contributed by atoms with Crippen molar-refractivity contribution in [2.45, 2.75) is 13.3 Å². The lowest BCUT2D eigenvalue weighted by Gasteiger charge is -2.09. The molecule has 2 amide bonds. The van der Waals surface area contributed by atoms with Crippen LogP contribution in [0.1, 0.15) is 12.5 Å². The van der Waals surface area contributed by atoms with E-state index in [9.17, 15) is 9.18 Å². The number of hydrogen-bond acceptors (Lipinski definition) is 1. The van der Waals surface area contributed by atoms with E-state index >= 15 is 0 Å². The van der Waals surface area contributed by atoms with Crippen LogP contribution in [0.4, 0.5) is 20.6 Å². The third-order valence-corrected chi connectivity index (χ3v) is 3.13. The Labute approximate surface area is 121 Å². The van der Waals surface area contributed by atoms with Gasteiger partial charge >= 0.3 is 6.03 Å². The van der Waals surface area contributed by atoms with E-state index in [2.05, 4.69) is 17.6 Å². The van der Waals surface area contributed by atoms with Gasteiger partial charge in [-0.25, -0.2) is 9.18 Å². The molecule has 0 unspecified atom stereocenters. The Balaban J connectivity index is 2.03. The lowest BCUT2D eigenvalue weighted by Crippen LogP contribution is -2.19. The van der Waals surface area contributed by atoms with Crippen LogP contribution in [0.5, 0.6) is 0 Å². The maximum atomic E-state index is 13.1. The van der Waals surface area contributed by atoms with Crippen LogP contribution in [0.3, 0.4) is 0 Å². The van der Waals surface area contributed by atoms with Gasteiger partial charge < -0.3 is 10.6 Å². The van der Waals surface area contributed by atoms with Gasteiger partial charge in [-0.2, -0.15) is 0 Å². The van der Waals surface area contributed by atoms with Gasteiger partial charge in [-0.05, 0) is 42.3 Å². The third kappa shape index (κ3) is 3.71. The van der Waals surface area contributed by atoms with Crippen molar-refractivity contribution >= 4 is 29.0 Å². The maximum Gasteiger partial charge on any atom is 0.323 e. The minimum atomic E-state index is -0.471. The molecule has 0 aliphatic heterocycles. The van der Waals surface area contributed by atoms with Gasteiger partial charge in [-0.1, -0.05) is 30.7 Å². The molecule has 0 aromatic heterocycles. The first-order valence-corrected chi connectivity index (χ1v) is 6.58. The molecular formula is C15H14ClFN2O. The molecule has 0 atom stereocenters. The molecule has 104 valence electrons. The van der Waals surface area contributed by atoms with Crippen molar-refractivity contribution in [1.82, 2.24) is 0 Å². The number of amides is 2. The quantitative estimate of drug-likeness (QED) is 0.847. The number of nitrogens with one attached hydrogen (secondary N) is 2. The predicted molar refractivity (Wildman–Crippen MR) is 79.9 cm³/mol. The highest BCUT2D eigenvalue weighted by molar-refractivity contribution is 6.33. The highest BCUT2D eigenvalue weighted by Gasteiger charge is 2.07. The molecule has 0 radical (unpaired) electrons. The number of carbonyl (C=O) groups excluding carboxylic acids is 1. The topological polar surface area (TPSA) is 41.1 Å². The number of aryl methyl sites for hydroxylation is 1. The Morgan fingerprint density at radius 1 is 1.15 bits per heavy atom. The van der Waals surface area contributed by atoms with Crippen molar-refractivity contribution in [3.8, 4) is 0 Å². The van der Waals surface area contributed by atoms with Crippen molar-refractivity contribution in [2.75, 3.05) is 10.6 Å². The molecule has 0 aliphatic rings. The Morgan fingerprint density at radius 3 is 2.50 bits per heavy atom. The molecule has 0 heterocycles. The highest BCUT2D eigenvalue weighted by Crippen LogP contribution is 2.22. The molecule has 0 fully saturated rings. The lowest BCUT2D eigenvalue weighted by atomic mass is 10.1. The van der Waals surface area contributed by atoms with E-state index in [4.69, 9.17) is 11.6 Å². The zero-order chi connectivity index (χ0) is 14.5. The largest absolute Gasteiger partial charge is 0.323 e. The Bertz CT molecular complexity index is 614. The smallest absolute Gasteiger partial charge is 0.308 e. The molecule has 0 saturated carbocycles. The summed E-state index contributed by atoms with van der Waals surface area (Å²) in [7, 11) is 0. The second kappa shape index (κ2) is 6.39. The van der Waals surface area contributed by atoms with Crippen molar-refractivity contribution < 1.29 is 9.18 Å². The zero-order valence-electron chi connectivity index (χ0n) is 10.9. The van der Waals surface area contributed by atoms with E-state index in [1.807, 2.05) is 24.3 Å². The first kappa shape index (κ1) is 14.3. The van der Waals surface area contributed by atoms with Gasteiger partial charge in [0.25, 0.3) is 0 Å². The zero-order valence-corrected chi connectivity index (χ0v) is 11.7. The fourth-order valence-electron chi connectivity index (χ4n) is 1.70. The number of halogens is 2. The predicted octanol–water partition coefficient (Wildman–Crippen LogP) is 4.69. The van der Waals surface area contributed by atoms with Crippen LogP contribution in [0.2, 0.25) is 5.02 Å². The fourth-order valence-corrected chi connectivity index (χ4v) is 1.87. The normalized spacial score (nSPS) is 10.2. The van der Waals surface area contributed by atoms with Gasteiger partial charge in [0.15, 0.2) is 0 Å². The minimum absolute atomic E-state index is 0.231. The molecule has 2 N–H and O–H groups in total. The van der Waals surface area contributed by atoms with Crippen LogP contribution < -0.4 is 10.6 Å². The number of urea groups is 1. The molecule has 2 aromatic rings. The molecule has 0 aliphatic carbocycles. The van der Waals surface area contributed by atoms with Crippen LogP contribution in [-0.4, -0.2) is 6.03 Å².